The first kappa shape index (κ1) is 9.75. The quantitative estimate of drug-likeness (QED) is 0.763. The van der Waals surface area contributed by atoms with Crippen molar-refractivity contribution in [1.82, 2.24) is 0 Å². The van der Waals surface area contributed by atoms with Gasteiger partial charge >= 0.3 is 0 Å². The lowest BCUT2D eigenvalue weighted by molar-refractivity contribution is 0.495. The van der Waals surface area contributed by atoms with Gasteiger partial charge in [-0.2, -0.15) is 0 Å². The van der Waals surface area contributed by atoms with Crippen LogP contribution in [0.2, 0.25) is 0 Å². The molecule has 1 rings (SSSR count). The molecule has 2 N–H and O–H groups in total. The van der Waals surface area contributed by atoms with Gasteiger partial charge in [0.2, 0.25) is 0 Å². The number of hydrogen-bond donors (Lipinski definition) is 1. The third-order valence-electron chi connectivity index (χ3n) is 1.82. The van der Waals surface area contributed by atoms with Crippen molar-refractivity contribution in [2.75, 3.05) is 0 Å². The third kappa shape index (κ3) is 3.37. The van der Waals surface area contributed by atoms with Gasteiger partial charge in [0.15, 0.2) is 0 Å². The average molecular weight is 183 g/mol. The van der Waals surface area contributed by atoms with Crippen LogP contribution in [0.5, 0.6) is 0 Å². The first-order chi connectivity index (χ1) is 5.68. The average Bonchev–Trinajstić information content (AvgIpc) is 2.37. The van der Waals surface area contributed by atoms with E-state index in [1.54, 1.807) is 11.3 Å². The van der Waals surface area contributed by atoms with Crippen molar-refractivity contribution < 1.29 is 0 Å². The Kier molecular flexibility index (Phi) is 3.76. The van der Waals surface area contributed by atoms with Crippen LogP contribution >= 0.6 is 11.3 Å². The maximum Gasteiger partial charge on any atom is 0.00896 e. The van der Waals surface area contributed by atoms with E-state index < -0.39 is 0 Å². The minimum absolute atomic E-state index is 0.337. The van der Waals surface area contributed by atoms with E-state index in [9.17, 15) is 0 Å². The monoisotopic (exact) mass is 183 g/mol. The van der Waals surface area contributed by atoms with Gasteiger partial charge in [0.1, 0.15) is 0 Å². The van der Waals surface area contributed by atoms with E-state index in [1.807, 2.05) is 0 Å². The van der Waals surface area contributed by atoms with E-state index in [-0.39, 0.29) is 0 Å². The Morgan fingerprint density at radius 3 is 2.75 bits per heavy atom. The van der Waals surface area contributed by atoms with E-state index in [4.69, 9.17) is 5.73 Å². The lowest BCUT2D eigenvalue weighted by atomic mass is 10.0. The SMILES string of the molecule is CC(C)CC(N)Cc1cccs1. The summed E-state index contributed by atoms with van der Waals surface area (Å²) in [6.45, 7) is 4.43. The second-order valence-corrected chi connectivity index (χ2v) is 4.71. The highest BCUT2D eigenvalue weighted by Crippen LogP contribution is 2.13. The summed E-state index contributed by atoms with van der Waals surface area (Å²) in [5, 5.41) is 2.11. The molecule has 2 heteroatoms. The van der Waals surface area contributed by atoms with E-state index in [2.05, 4.69) is 31.4 Å². The molecule has 1 nitrogen and oxygen atoms in total. The molecular formula is C10H17NS. The highest BCUT2D eigenvalue weighted by atomic mass is 32.1. The topological polar surface area (TPSA) is 26.0 Å². The molecule has 0 saturated carbocycles. The summed E-state index contributed by atoms with van der Waals surface area (Å²) in [5.74, 6) is 0.708. The lowest BCUT2D eigenvalue weighted by Gasteiger charge is -2.12. The summed E-state index contributed by atoms with van der Waals surface area (Å²) in [5.41, 5.74) is 5.97. The molecule has 0 radical (unpaired) electrons. The maximum atomic E-state index is 5.97. The molecule has 0 amide bonds. The van der Waals surface area contributed by atoms with Crippen molar-refractivity contribution in [3.63, 3.8) is 0 Å². The summed E-state index contributed by atoms with van der Waals surface area (Å²) in [6.07, 6.45) is 2.16. The van der Waals surface area contributed by atoms with Crippen molar-refractivity contribution in [3.8, 4) is 0 Å². The highest BCUT2D eigenvalue weighted by Gasteiger charge is 2.06. The normalized spacial score (nSPS) is 13.7. The fourth-order valence-corrected chi connectivity index (χ4v) is 2.18. The highest BCUT2D eigenvalue weighted by molar-refractivity contribution is 7.09. The van der Waals surface area contributed by atoms with E-state index in [1.165, 1.54) is 4.88 Å². The number of nitrogens with two attached hydrogens (primary N) is 1. The maximum absolute atomic E-state index is 5.97. The largest absolute Gasteiger partial charge is 0.327 e. The van der Waals surface area contributed by atoms with Gasteiger partial charge in [0.25, 0.3) is 0 Å². The Hall–Kier alpha value is -0.340. The van der Waals surface area contributed by atoms with Gasteiger partial charge in [-0.15, -0.1) is 11.3 Å². The Morgan fingerprint density at radius 2 is 2.25 bits per heavy atom. The second kappa shape index (κ2) is 4.63. The third-order valence-corrected chi connectivity index (χ3v) is 2.72. The molecule has 0 aromatic carbocycles. The second-order valence-electron chi connectivity index (χ2n) is 3.67. The van der Waals surface area contributed by atoms with E-state index in [0.29, 0.717) is 12.0 Å². The summed E-state index contributed by atoms with van der Waals surface area (Å²) in [7, 11) is 0. The molecule has 1 aromatic heterocycles. The molecule has 0 saturated heterocycles. The number of thiophene rings is 1. The molecule has 0 aliphatic rings. The number of rotatable bonds is 4. The summed E-state index contributed by atoms with van der Waals surface area (Å²) in [6, 6.07) is 4.58. The molecule has 1 aromatic rings. The van der Waals surface area contributed by atoms with Gasteiger partial charge in [-0.3, -0.25) is 0 Å². The molecular weight excluding hydrogens is 166 g/mol. The summed E-state index contributed by atoms with van der Waals surface area (Å²) in [4.78, 5) is 1.41. The Bertz CT molecular complexity index is 204. The van der Waals surface area contributed by atoms with Crippen molar-refractivity contribution in [2.24, 2.45) is 11.7 Å². The molecule has 0 spiro atoms. The molecule has 0 aliphatic carbocycles. The van der Waals surface area contributed by atoms with Crippen LogP contribution in [0.1, 0.15) is 25.1 Å². The zero-order valence-electron chi connectivity index (χ0n) is 7.79. The van der Waals surface area contributed by atoms with Crippen LogP contribution in [0.15, 0.2) is 17.5 Å². The zero-order valence-corrected chi connectivity index (χ0v) is 8.60. The standard InChI is InChI=1S/C10H17NS/c1-8(2)6-9(11)7-10-4-3-5-12-10/h3-5,8-9H,6-7,11H2,1-2H3. The molecule has 0 aliphatic heterocycles. The van der Waals surface area contributed by atoms with Gasteiger partial charge in [0.05, 0.1) is 0 Å². The molecule has 0 fully saturated rings. The minimum Gasteiger partial charge on any atom is -0.327 e. The van der Waals surface area contributed by atoms with Gasteiger partial charge in [-0.1, -0.05) is 19.9 Å². The van der Waals surface area contributed by atoms with Gasteiger partial charge in [0, 0.05) is 10.9 Å². The van der Waals surface area contributed by atoms with Gasteiger partial charge in [-0.05, 0) is 30.2 Å². The molecule has 68 valence electrons. The predicted octanol–water partition coefficient (Wildman–Crippen LogP) is 2.66. The van der Waals surface area contributed by atoms with Crippen LogP contribution in [0, 0.1) is 5.92 Å². The van der Waals surface area contributed by atoms with Crippen LogP contribution in [0.25, 0.3) is 0 Å². The Morgan fingerprint density at radius 1 is 1.50 bits per heavy atom. The van der Waals surface area contributed by atoms with Crippen molar-refractivity contribution in [2.45, 2.75) is 32.7 Å². The van der Waals surface area contributed by atoms with Gasteiger partial charge < -0.3 is 5.73 Å². The molecule has 1 atom stereocenters. The van der Waals surface area contributed by atoms with E-state index >= 15 is 0 Å². The number of hydrogen-bond acceptors (Lipinski definition) is 2. The lowest BCUT2D eigenvalue weighted by Crippen LogP contribution is -2.24. The molecule has 12 heavy (non-hydrogen) atoms. The van der Waals surface area contributed by atoms with Gasteiger partial charge in [-0.25, -0.2) is 0 Å². The fourth-order valence-electron chi connectivity index (χ4n) is 1.38. The van der Waals surface area contributed by atoms with Crippen LogP contribution < -0.4 is 5.73 Å². The predicted molar refractivity (Wildman–Crippen MR) is 55.5 cm³/mol. The fraction of sp³-hybridized carbons (Fsp3) is 0.600. The first-order valence-electron chi connectivity index (χ1n) is 4.46. The molecule has 1 unspecified atom stereocenters. The van der Waals surface area contributed by atoms with Crippen molar-refractivity contribution in [3.05, 3.63) is 22.4 Å². The van der Waals surface area contributed by atoms with Crippen molar-refractivity contribution in [1.29, 1.82) is 0 Å². The van der Waals surface area contributed by atoms with E-state index in [0.717, 1.165) is 12.8 Å². The zero-order chi connectivity index (χ0) is 8.97. The van der Waals surface area contributed by atoms with Crippen molar-refractivity contribution >= 4 is 11.3 Å². The molecule has 0 bridgehead atoms. The molecule has 1 heterocycles. The smallest absolute Gasteiger partial charge is 0.00896 e. The van der Waals surface area contributed by atoms with Crippen LogP contribution in [0.4, 0.5) is 0 Å². The Labute approximate surface area is 78.6 Å². The minimum atomic E-state index is 0.337. The first-order valence-corrected chi connectivity index (χ1v) is 5.34. The Balaban J connectivity index is 2.32. The van der Waals surface area contributed by atoms with Crippen LogP contribution in [-0.4, -0.2) is 6.04 Å². The van der Waals surface area contributed by atoms with Crippen LogP contribution in [0.3, 0.4) is 0 Å². The summed E-state index contributed by atoms with van der Waals surface area (Å²) < 4.78 is 0. The summed E-state index contributed by atoms with van der Waals surface area (Å²) >= 11 is 1.80. The van der Waals surface area contributed by atoms with Crippen LogP contribution in [-0.2, 0) is 6.42 Å².